The molecule has 0 spiro atoms. The van der Waals surface area contributed by atoms with Crippen LogP contribution in [0.3, 0.4) is 0 Å². The van der Waals surface area contributed by atoms with Crippen molar-refractivity contribution in [1.29, 1.82) is 0 Å². The molecule has 0 radical (unpaired) electrons. The number of ether oxygens (including phenoxy) is 1. The van der Waals surface area contributed by atoms with Crippen LogP contribution in [0.15, 0.2) is 36.5 Å². The number of aryl methyl sites for hydroxylation is 1. The van der Waals surface area contributed by atoms with Gasteiger partial charge in [0.2, 0.25) is 0 Å². The minimum Gasteiger partial charge on any atom is -0.383 e. The molecule has 6 heteroatoms. The van der Waals surface area contributed by atoms with Gasteiger partial charge in [0, 0.05) is 30.3 Å². The lowest BCUT2D eigenvalue weighted by atomic mass is 10.2. The van der Waals surface area contributed by atoms with Crippen LogP contribution in [0.5, 0.6) is 0 Å². The van der Waals surface area contributed by atoms with Gasteiger partial charge in [-0.3, -0.25) is 0 Å². The molecule has 2 aromatic rings. The highest BCUT2D eigenvalue weighted by Gasteiger charge is 2.10. The Morgan fingerprint density at radius 2 is 2.00 bits per heavy atom. The third-order valence-corrected chi connectivity index (χ3v) is 3.39. The number of nitrogens with zero attached hydrogens (tertiary/aromatic N) is 2. The molecular formula is C17H22N4O2. The van der Waals surface area contributed by atoms with E-state index in [2.05, 4.69) is 20.6 Å². The average Bonchev–Trinajstić information content (AvgIpc) is 2.55. The Labute approximate surface area is 136 Å². The lowest BCUT2D eigenvalue weighted by Crippen LogP contribution is -2.40. The fourth-order valence-corrected chi connectivity index (χ4v) is 2.11. The average molecular weight is 314 g/mol. The number of aromatic nitrogens is 2. The molecule has 0 aliphatic heterocycles. The smallest absolute Gasteiger partial charge is 0.319 e. The molecule has 0 bridgehead atoms. The lowest BCUT2D eigenvalue weighted by Gasteiger charge is -2.16. The van der Waals surface area contributed by atoms with Gasteiger partial charge in [-0.05, 0) is 43.7 Å². The Balaban J connectivity index is 1.98. The minimum atomic E-state index is -0.242. The van der Waals surface area contributed by atoms with E-state index in [1.54, 1.807) is 13.3 Å². The monoisotopic (exact) mass is 314 g/mol. The van der Waals surface area contributed by atoms with Crippen molar-refractivity contribution in [3.8, 4) is 11.4 Å². The summed E-state index contributed by atoms with van der Waals surface area (Å²) in [5.41, 5.74) is 2.54. The van der Waals surface area contributed by atoms with Gasteiger partial charge >= 0.3 is 6.03 Å². The molecule has 0 aliphatic carbocycles. The number of rotatable bonds is 6. The van der Waals surface area contributed by atoms with Crippen LogP contribution in [-0.4, -0.2) is 35.8 Å². The van der Waals surface area contributed by atoms with Crippen molar-refractivity contribution < 1.29 is 9.53 Å². The summed E-state index contributed by atoms with van der Waals surface area (Å²) >= 11 is 0. The first kappa shape index (κ1) is 16.9. The molecule has 0 aliphatic rings. The van der Waals surface area contributed by atoms with E-state index in [4.69, 9.17) is 4.74 Å². The molecule has 1 heterocycles. The predicted molar refractivity (Wildman–Crippen MR) is 90.3 cm³/mol. The standard InChI is InChI=1S/C17H22N4O2/c1-4-14(11-23-3)20-17(22)21-15-7-5-13(6-8-15)16-18-10-9-12(2)19-16/h5-10,14H,4,11H2,1-3H3,(H2,20,21,22). The Hall–Kier alpha value is -2.47. The topological polar surface area (TPSA) is 76.1 Å². The SMILES string of the molecule is CCC(COC)NC(=O)Nc1ccc(-c2nccc(C)n2)cc1. The predicted octanol–water partition coefficient (Wildman–Crippen LogP) is 3.00. The van der Waals surface area contributed by atoms with Gasteiger partial charge in [0.15, 0.2) is 5.82 Å². The van der Waals surface area contributed by atoms with Crippen molar-refractivity contribution >= 4 is 11.7 Å². The first-order valence-corrected chi connectivity index (χ1v) is 7.59. The molecule has 23 heavy (non-hydrogen) atoms. The van der Waals surface area contributed by atoms with E-state index >= 15 is 0 Å². The summed E-state index contributed by atoms with van der Waals surface area (Å²) in [6.45, 7) is 4.42. The van der Waals surface area contributed by atoms with E-state index in [1.165, 1.54) is 0 Å². The zero-order valence-electron chi connectivity index (χ0n) is 13.7. The van der Waals surface area contributed by atoms with Gasteiger partial charge in [0.25, 0.3) is 0 Å². The highest BCUT2D eigenvalue weighted by atomic mass is 16.5. The number of hydrogen-bond acceptors (Lipinski definition) is 4. The second-order valence-electron chi connectivity index (χ2n) is 5.26. The Bertz CT molecular complexity index is 643. The van der Waals surface area contributed by atoms with Gasteiger partial charge in [-0.15, -0.1) is 0 Å². The Morgan fingerprint density at radius 3 is 2.61 bits per heavy atom. The summed E-state index contributed by atoms with van der Waals surface area (Å²) in [4.78, 5) is 20.6. The molecule has 0 saturated heterocycles. The van der Waals surface area contributed by atoms with E-state index in [1.807, 2.05) is 44.2 Å². The number of amides is 2. The van der Waals surface area contributed by atoms with Crippen molar-refractivity contribution in [2.75, 3.05) is 19.0 Å². The van der Waals surface area contributed by atoms with E-state index in [0.717, 1.165) is 17.7 Å². The third-order valence-electron chi connectivity index (χ3n) is 3.39. The van der Waals surface area contributed by atoms with E-state index < -0.39 is 0 Å². The van der Waals surface area contributed by atoms with Crippen LogP contribution in [-0.2, 0) is 4.74 Å². The number of nitrogens with one attached hydrogen (secondary N) is 2. The number of urea groups is 1. The maximum absolute atomic E-state index is 12.0. The molecule has 6 nitrogen and oxygen atoms in total. The van der Waals surface area contributed by atoms with Gasteiger partial charge in [0.1, 0.15) is 0 Å². The summed E-state index contributed by atoms with van der Waals surface area (Å²) in [6.07, 6.45) is 2.54. The first-order chi connectivity index (χ1) is 11.1. The molecule has 2 N–H and O–H groups in total. The quantitative estimate of drug-likeness (QED) is 0.859. The lowest BCUT2D eigenvalue weighted by molar-refractivity contribution is 0.165. The summed E-state index contributed by atoms with van der Waals surface area (Å²) in [7, 11) is 1.62. The van der Waals surface area contributed by atoms with E-state index in [9.17, 15) is 4.79 Å². The summed E-state index contributed by atoms with van der Waals surface area (Å²) in [5.74, 6) is 0.673. The molecule has 1 unspecified atom stereocenters. The van der Waals surface area contributed by atoms with Crippen LogP contribution in [0.4, 0.5) is 10.5 Å². The number of hydrogen-bond donors (Lipinski definition) is 2. The zero-order chi connectivity index (χ0) is 16.7. The van der Waals surface area contributed by atoms with Crippen molar-refractivity contribution in [3.63, 3.8) is 0 Å². The summed E-state index contributed by atoms with van der Waals surface area (Å²) < 4.78 is 5.06. The molecule has 2 rings (SSSR count). The molecule has 1 aromatic carbocycles. The number of methoxy groups -OCH3 is 1. The van der Waals surface area contributed by atoms with Gasteiger partial charge in [0.05, 0.1) is 12.6 Å². The van der Waals surface area contributed by atoms with Crippen molar-refractivity contribution in [1.82, 2.24) is 15.3 Å². The van der Waals surface area contributed by atoms with Crippen LogP contribution in [0, 0.1) is 6.92 Å². The highest BCUT2D eigenvalue weighted by molar-refractivity contribution is 5.89. The zero-order valence-corrected chi connectivity index (χ0v) is 13.7. The largest absolute Gasteiger partial charge is 0.383 e. The van der Waals surface area contributed by atoms with Crippen molar-refractivity contribution in [3.05, 3.63) is 42.2 Å². The second-order valence-corrected chi connectivity index (χ2v) is 5.26. The molecule has 0 fully saturated rings. The minimum absolute atomic E-state index is 0.0000304. The maximum atomic E-state index is 12.0. The third kappa shape index (κ3) is 5.03. The van der Waals surface area contributed by atoms with Gasteiger partial charge < -0.3 is 15.4 Å². The number of benzene rings is 1. The normalized spacial score (nSPS) is 11.8. The first-order valence-electron chi connectivity index (χ1n) is 7.59. The molecule has 122 valence electrons. The van der Waals surface area contributed by atoms with Crippen molar-refractivity contribution in [2.24, 2.45) is 0 Å². The van der Waals surface area contributed by atoms with E-state index in [-0.39, 0.29) is 12.1 Å². The molecule has 2 amide bonds. The molecule has 1 aromatic heterocycles. The number of carbonyl (C=O) groups excluding carboxylic acids is 1. The second kappa shape index (κ2) is 8.24. The van der Waals surface area contributed by atoms with Crippen LogP contribution in [0.1, 0.15) is 19.0 Å². The molecule has 1 atom stereocenters. The van der Waals surface area contributed by atoms with Crippen LogP contribution in [0.2, 0.25) is 0 Å². The fraction of sp³-hybridized carbons (Fsp3) is 0.353. The Kier molecular flexibility index (Phi) is 6.05. The summed E-state index contributed by atoms with van der Waals surface area (Å²) in [5, 5.41) is 5.68. The van der Waals surface area contributed by atoms with E-state index in [0.29, 0.717) is 18.1 Å². The molecular weight excluding hydrogens is 292 g/mol. The fourth-order valence-electron chi connectivity index (χ4n) is 2.11. The van der Waals surface area contributed by atoms with Crippen LogP contribution >= 0.6 is 0 Å². The Morgan fingerprint density at radius 1 is 1.26 bits per heavy atom. The highest BCUT2D eigenvalue weighted by Crippen LogP contribution is 2.17. The van der Waals surface area contributed by atoms with Crippen molar-refractivity contribution in [2.45, 2.75) is 26.3 Å². The van der Waals surface area contributed by atoms with Gasteiger partial charge in [-0.2, -0.15) is 0 Å². The number of carbonyl (C=O) groups is 1. The van der Waals surface area contributed by atoms with Crippen LogP contribution < -0.4 is 10.6 Å². The molecule has 0 saturated carbocycles. The maximum Gasteiger partial charge on any atom is 0.319 e. The van der Waals surface area contributed by atoms with Crippen LogP contribution in [0.25, 0.3) is 11.4 Å². The van der Waals surface area contributed by atoms with Gasteiger partial charge in [-0.1, -0.05) is 6.92 Å². The number of anilines is 1. The van der Waals surface area contributed by atoms with Gasteiger partial charge in [-0.25, -0.2) is 14.8 Å². The summed E-state index contributed by atoms with van der Waals surface area (Å²) in [6, 6.07) is 9.05.